The lowest BCUT2D eigenvalue weighted by Crippen LogP contribution is -2.16. The molecule has 16 heavy (non-hydrogen) atoms. The zero-order valence-corrected chi connectivity index (χ0v) is 8.81. The van der Waals surface area contributed by atoms with E-state index in [4.69, 9.17) is 10.9 Å². The molecule has 1 aromatic carbocycles. The van der Waals surface area contributed by atoms with Gasteiger partial charge in [0.15, 0.2) is 0 Å². The topological polar surface area (TPSA) is 86.2 Å². The van der Waals surface area contributed by atoms with Crippen molar-refractivity contribution in [1.29, 1.82) is 0 Å². The van der Waals surface area contributed by atoms with Crippen molar-refractivity contribution < 1.29 is 17.2 Å². The molecule has 0 fully saturated rings. The van der Waals surface area contributed by atoms with Crippen molar-refractivity contribution in [3.63, 3.8) is 0 Å². The van der Waals surface area contributed by atoms with Crippen LogP contribution in [0, 0.1) is 23.5 Å². The number of rotatable bonds is 1. The van der Waals surface area contributed by atoms with Gasteiger partial charge in [0, 0.05) is 6.07 Å². The molecule has 0 spiro atoms. The van der Waals surface area contributed by atoms with Gasteiger partial charge in [-0.25, -0.2) is 22.3 Å². The number of nitrogens with two attached hydrogens (primary N) is 2. The monoisotopic (exact) mass is 246 g/mol. The Labute approximate surface area is 91.3 Å². The molecule has 1 aromatic rings. The zero-order chi connectivity index (χ0) is 12.3. The fourth-order valence-electron chi connectivity index (χ4n) is 1.09. The zero-order valence-electron chi connectivity index (χ0n) is 8.00. The second-order valence-electron chi connectivity index (χ2n) is 2.82. The molecule has 1 rings (SSSR count). The van der Waals surface area contributed by atoms with Crippen molar-refractivity contribution in [2.75, 3.05) is 6.54 Å². The van der Waals surface area contributed by atoms with Gasteiger partial charge in [-0.05, 0) is 6.07 Å². The number of hydrogen-bond donors (Lipinski definition) is 2. The summed E-state index contributed by atoms with van der Waals surface area (Å²) in [5.74, 6) is 2.33. The van der Waals surface area contributed by atoms with Crippen LogP contribution in [0.4, 0.5) is 8.78 Å². The third kappa shape index (κ3) is 2.76. The van der Waals surface area contributed by atoms with Gasteiger partial charge in [0.25, 0.3) is 0 Å². The van der Waals surface area contributed by atoms with E-state index in [2.05, 4.69) is 11.8 Å². The summed E-state index contributed by atoms with van der Waals surface area (Å²) in [5, 5.41) is 4.79. The van der Waals surface area contributed by atoms with Crippen molar-refractivity contribution in [2.45, 2.75) is 4.90 Å². The molecule has 0 amide bonds. The summed E-state index contributed by atoms with van der Waals surface area (Å²) in [6.07, 6.45) is 0. The lowest BCUT2D eigenvalue weighted by Gasteiger charge is -2.03. The van der Waals surface area contributed by atoms with Crippen LogP contribution in [0.25, 0.3) is 0 Å². The first-order chi connectivity index (χ1) is 7.36. The van der Waals surface area contributed by atoms with Crippen molar-refractivity contribution in [2.24, 2.45) is 10.9 Å². The highest BCUT2D eigenvalue weighted by Gasteiger charge is 2.20. The fourth-order valence-corrected chi connectivity index (χ4v) is 1.84. The van der Waals surface area contributed by atoms with Gasteiger partial charge in [0.1, 0.15) is 16.5 Å². The van der Waals surface area contributed by atoms with Gasteiger partial charge in [-0.2, -0.15) is 0 Å². The molecule has 86 valence electrons. The van der Waals surface area contributed by atoms with Crippen LogP contribution in [0.5, 0.6) is 0 Å². The average Bonchev–Trinajstić information content (AvgIpc) is 2.10. The first-order valence-corrected chi connectivity index (χ1v) is 5.61. The maximum atomic E-state index is 13.2. The van der Waals surface area contributed by atoms with Crippen LogP contribution in [-0.4, -0.2) is 15.0 Å². The normalized spacial score (nSPS) is 10.8. The molecular weight excluding hydrogens is 238 g/mol. The summed E-state index contributed by atoms with van der Waals surface area (Å²) in [4.78, 5) is -0.824. The molecule has 0 unspecified atom stereocenters. The van der Waals surface area contributed by atoms with Gasteiger partial charge in [-0.3, -0.25) is 0 Å². The molecule has 0 bridgehead atoms. The first-order valence-electron chi connectivity index (χ1n) is 4.07. The number of hydrogen-bond acceptors (Lipinski definition) is 3. The molecule has 7 heteroatoms. The summed E-state index contributed by atoms with van der Waals surface area (Å²) in [6.45, 7) is -0.0673. The number of sulfonamides is 1. The molecule has 0 saturated carbocycles. The maximum Gasteiger partial charge on any atom is 0.242 e. The van der Waals surface area contributed by atoms with E-state index in [1.54, 1.807) is 0 Å². The second kappa shape index (κ2) is 4.57. The summed E-state index contributed by atoms with van der Waals surface area (Å²) >= 11 is 0. The van der Waals surface area contributed by atoms with Gasteiger partial charge in [-0.15, -0.1) is 0 Å². The van der Waals surface area contributed by atoms with E-state index in [1.165, 1.54) is 0 Å². The molecule has 4 N–H and O–H groups in total. The van der Waals surface area contributed by atoms with Crippen molar-refractivity contribution in [3.8, 4) is 11.8 Å². The molecular formula is C9H8F2N2O2S. The molecule has 4 nitrogen and oxygen atoms in total. The predicted molar refractivity (Wildman–Crippen MR) is 53.7 cm³/mol. The van der Waals surface area contributed by atoms with Gasteiger partial charge >= 0.3 is 0 Å². The van der Waals surface area contributed by atoms with E-state index in [0.717, 1.165) is 6.07 Å². The molecule has 0 aliphatic carbocycles. The quantitative estimate of drug-likeness (QED) is 0.680. The number of primary sulfonamides is 1. The molecule has 0 aliphatic heterocycles. The van der Waals surface area contributed by atoms with Gasteiger partial charge < -0.3 is 5.73 Å². The molecule has 0 aliphatic rings. The number of benzene rings is 1. The Morgan fingerprint density at radius 2 is 1.94 bits per heavy atom. The highest BCUT2D eigenvalue weighted by molar-refractivity contribution is 7.89. The Morgan fingerprint density at radius 1 is 1.31 bits per heavy atom. The molecule has 0 aromatic heterocycles. The Morgan fingerprint density at radius 3 is 2.44 bits per heavy atom. The molecule has 0 heterocycles. The third-order valence-corrected chi connectivity index (χ3v) is 2.60. The predicted octanol–water partition coefficient (Wildman–Crippen LogP) is -0.0776. The van der Waals surface area contributed by atoms with Gasteiger partial charge in [0.2, 0.25) is 10.0 Å². The van der Waals surface area contributed by atoms with Crippen molar-refractivity contribution >= 4 is 10.0 Å². The Balaban J connectivity index is 3.57. The Hall–Kier alpha value is -1.49. The van der Waals surface area contributed by atoms with Crippen LogP contribution in [0.2, 0.25) is 0 Å². The van der Waals surface area contributed by atoms with Gasteiger partial charge in [-0.1, -0.05) is 11.8 Å². The standard InChI is InChI=1S/C9H8F2N2O2S/c10-7-4-6(2-1-3-12)9(8(11)5-7)16(13,14)15/h4-5H,3,12H2,(H2,13,14,15). The smallest absolute Gasteiger partial charge is 0.242 e. The Kier molecular flexibility index (Phi) is 3.59. The fraction of sp³-hybridized carbons (Fsp3) is 0.111. The van der Waals surface area contributed by atoms with E-state index in [9.17, 15) is 17.2 Å². The van der Waals surface area contributed by atoms with Crippen LogP contribution in [0.3, 0.4) is 0 Å². The lowest BCUT2D eigenvalue weighted by atomic mass is 10.2. The highest BCUT2D eigenvalue weighted by atomic mass is 32.2. The van der Waals surface area contributed by atoms with Crippen LogP contribution >= 0.6 is 0 Å². The minimum Gasteiger partial charge on any atom is -0.320 e. The third-order valence-electron chi connectivity index (χ3n) is 1.62. The van der Waals surface area contributed by atoms with E-state index in [1.807, 2.05) is 0 Å². The number of halogens is 2. The first kappa shape index (κ1) is 12.6. The Bertz CT molecular complexity index is 573. The van der Waals surface area contributed by atoms with Crippen LogP contribution in [0.1, 0.15) is 5.56 Å². The second-order valence-corrected chi connectivity index (χ2v) is 4.31. The molecule has 0 radical (unpaired) electrons. The molecule has 0 saturated heterocycles. The summed E-state index contributed by atoms with van der Waals surface area (Å²) in [6, 6.07) is 1.21. The van der Waals surface area contributed by atoms with Gasteiger partial charge in [0.05, 0.1) is 12.1 Å². The minimum atomic E-state index is -4.30. The average molecular weight is 246 g/mol. The molecule has 0 atom stereocenters. The highest BCUT2D eigenvalue weighted by Crippen LogP contribution is 2.19. The van der Waals surface area contributed by atoms with Crippen LogP contribution in [0.15, 0.2) is 17.0 Å². The minimum absolute atomic E-state index is 0.0673. The summed E-state index contributed by atoms with van der Waals surface area (Å²) < 4.78 is 48.2. The van der Waals surface area contributed by atoms with E-state index >= 15 is 0 Å². The van der Waals surface area contributed by atoms with Crippen LogP contribution in [-0.2, 0) is 10.0 Å². The SMILES string of the molecule is NCC#Cc1cc(F)cc(F)c1S(N)(=O)=O. The largest absolute Gasteiger partial charge is 0.320 e. The van der Waals surface area contributed by atoms with E-state index in [0.29, 0.717) is 6.07 Å². The maximum absolute atomic E-state index is 13.2. The summed E-state index contributed by atoms with van der Waals surface area (Å²) in [7, 11) is -4.30. The van der Waals surface area contributed by atoms with Crippen molar-refractivity contribution in [3.05, 3.63) is 29.3 Å². The summed E-state index contributed by atoms with van der Waals surface area (Å²) in [5.41, 5.74) is 4.73. The van der Waals surface area contributed by atoms with E-state index in [-0.39, 0.29) is 12.1 Å². The van der Waals surface area contributed by atoms with Crippen LogP contribution < -0.4 is 10.9 Å². The van der Waals surface area contributed by atoms with Crippen molar-refractivity contribution in [1.82, 2.24) is 0 Å². The lowest BCUT2D eigenvalue weighted by molar-refractivity contribution is 0.548. The van der Waals surface area contributed by atoms with E-state index < -0.39 is 26.6 Å².